The first kappa shape index (κ1) is 18.5. The first-order valence-corrected chi connectivity index (χ1v) is 8.87. The summed E-state index contributed by atoms with van der Waals surface area (Å²) in [6, 6.07) is 15.9. The van der Waals surface area contributed by atoms with E-state index < -0.39 is 0 Å². The zero-order valence-corrected chi connectivity index (χ0v) is 15.3. The van der Waals surface area contributed by atoms with Crippen LogP contribution in [0.2, 0.25) is 5.02 Å². The Labute approximate surface area is 149 Å². The van der Waals surface area contributed by atoms with E-state index in [1.807, 2.05) is 47.8 Å². The summed E-state index contributed by atoms with van der Waals surface area (Å²) in [5, 5.41) is 5.79. The molecule has 0 bridgehead atoms. The number of para-hydroxylation sites is 1. The molecule has 3 nitrogen and oxygen atoms in total. The molecule has 0 aliphatic heterocycles. The lowest BCUT2D eigenvalue weighted by atomic mass is 9.97. The van der Waals surface area contributed by atoms with Crippen molar-refractivity contribution in [1.82, 2.24) is 0 Å². The molecule has 0 radical (unpaired) electrons. The SMILES string of the molecule is CC[C@H](C)c1ccccc1NC(=O)C[NH2+][C@@H](C)c1ccccc1Cl. The minimum absolute atomic E-state index is 0.00431. The van der Waals surface area contributed by atoms with Gasteiger partial charge in [-0.2, -0.15) is 0 Å². The Balaban J connectivity index is 1.96. The Morgan fingerprint density at radius 2 is 1.71 bits per heavy atom. The Kier molecular flexibility index (Phi) is 6.83. The smallest absolute Gasteiger partial charge is 0.279 e. The van der Waals surface area contributed by atoms with E-state index >= 15 is 0 Å². The van der Waals surface area contributed by atoms with Crippen LogP contribution in [0.1, 0.15) is 50.3 Å². The fraction of sp³-hybridized carbons (Fsp3) is 0.350. The van der Waals surface area contributed by atoms with Gasteiger partial charge < -0.3 is 10.6 Å². The van der Waals surface area contributed by atoms with Gasteiger partial charge in [-0.1, -0.05) is 61.8 Å². The van der Waals surface area contributed by atoms with Crippen molar-refractivity contribution in [1.29, 1.82) is 0 Å². The Bertz CT molecular complexity index is 687. The second-order valence-electron chi connectivity index (χ2n) is 6.19. The largest absolute Gasteiger partial charge is 0.332 e. The number of benzene rings is 2. The quantitative estimate of drug-likeness (QED) is 0.779. The molecular weight excluding hydrogens is 320 g/mol. The first-order valence-electron chi connectivity index (χ1n) is 8.49. The molecule has 0 spiro atoms. The van der Waals surface area contributed by atoms with Gasteiger partial charge in [-0.15, -0.1) is 0 Å². The van der Waals surface area contributed by atoms with Gasteiger partial charge in [0.05, 0.1) is 0 Å². The summed E-state index contributed by atoms with van der Waals surface area (Å²) in [5.74, 6) is 0.428. The molecule has 24 heavy (non-hydrogen) atoms. The average molecular weight is 346 g/mol. The van der Waals surface area contributed by atoms with Gasteiger partial charge in [-0.25, -0.2) is 0 Å². The molecule has 0 aromatic heterocycles. The molecule has 2 atom stereocenters. The Hall–Kier alpha value is -1.84. The molecule has 1 amide bonds. The molecule has 3 N–H and O–H groups in total. The van der Waals surface area contributed by atoms with Gasteiger partial charge >= 0.3 is 0 Å². The van der Waals surface area contributed by atoms with Gasteiger partial charge in [0.1, 0.15) is 6.04 Å². The van der Waals surface area contributed by atoms with Crippen molar-refractivity contribution in [3.63, 3.8) is 0 Å². The molecule has 0 saturated carbocycles. The molecule has 2 aromatic rings. The third-order valence-corrected chi connectivity index (χ3v) is 4.77. The van der Waals surface area contributed by atoms with Crippen molar-refractivity contribution in [2.75, 3.05) is 11.9 Å². The Morgan fingerprint density at radius 1 is 1.08 bits per heavy atom. The maximum absolute atomic E-state index is 12.3. The first-order chi connectivity index (χ1) is 11.5. The van der Waals surface area contributed by atoms with Gasteiger partial charge in [0.25, 0.3) is 5.91 Å². The number of rotatable bonds is 7. The van der Waals surface area contributed by atoms with Crippen LogP contribution in [0.15, 0.2) is 48.5 Å². The summed E-state index contributed by atoms with van der Waals surface area (Å²) in [5.41, 5.74) is 3.15. The molecule has 0 fully saturated rings. The molecule has 0 heterocycles. The molecule has 0 unspecified atom stereocenters. The average Bonchev–Trinajstić information content (AvgIpc) is 2.60. The van der Waals surface area contributed by atoms with Crippen molar-refractivity contribution >= 4 is 23.2 Å². The monoisotopic (exact) mass is 345 g/mol. The second kappa shape index (κ2) is 8.86. The fourth-order valence-electron chi connectivity index (χ4n) is 2.72. The number of hydrogen-bond acceptors (Lipinski definition) is 1. The summed E-state index contributed by atoms with van der Waals surface area (Å²) < 4.78 is 0. The van der Waals surface area contributed by atoms with E-state index in [0.29, 0.717) is 12.5 Å². The maximum Gasteiger partial charge on any atom is 0.279 e. The Morgan fingerprint density at radius 3 is 2.38 bits per heavy atom. The number of amides is 1. The van der Waals surface area contributed by atoms with Gasteiger partial charge in [-0.3, -0.25) is 4.79 Å². The molecule has 0 saturated heterocycles. The van der Waals surface area contributed by atoms with Gasteiger partial charge in [0.2, 0.25) is 0 Å². The number of quaternary nitrogens is 1. The van der Waals surface area contributed by atoms with Crippen molar-refractivity contribution in [3.05, 3.63) is 64.7 Å². The van der Waals surface area contributed by atoms with Gasteiger partial charge in [0.15, 0.2) is 6.54 Å². The number of hydrogen-bond donors (Lipinski definition) is 2. The summed E-state index contributed by atoms with van der Waals surface area (Å²) in [6.07, 6.45) is 1.04. The number of carbonyl (C=O) groups is 1. The molecule has 4 heteroatoms. The third-order valence-electron chi connectivity index (χ3n) is 4.43. The lowest BCUT2D eigenvalue weighted by Crippen LogP contribution is -2.86. The van der Waals surface area contributed by atoms with Crippen molar-refractivity contribution < 1.29 is 10.1 Å². The fourth-order valence-corrected chi connectivity index (χ4v) is 3.02. The summed E-state index contributed by atoms with van der Waals surface area (Å²) >= 11 is 6.22. The predicted molar refractivity (Wildman–Crippen MR) is 100 cm³/mol. The standard InChI is InChI=1S/C20H25ClN2O/c1-4-14(2)16-9-6-8-12-19(16)23-20(24)13-22-15(3)17-10-5-7-11-18(17)21/h5-12,14-15,22H,4,13H2,1-3H3,(H,23,24)/p+1/t14-,15-/m0/s1. The van der Waals surface area contributed by atoms with E-state index in [0.717, 1.165) is 22.7 Å². The summed E-state index contributed by atoms with van der Waals surface area (Å²) in [4.78, 5) is 12.3. The minimum Gasteiger partial charge on any atom is -0.332 e. The van der Waals surface area contributed by atoms with Crippen LogP contribution in [-0.4, -0.2) is 12.5 Å². The molecular formula is C20H26ClN2O+. The number of halogens is 1. The topological polar surface area (TPSA) is 45.7 Å². The highest BCUT2D eigenvalue weighted by Gasteiger charge is 2.15. The van der Waals surface area contributed by atoms with Gasteiger partial charge in [-0.05, 0) is 37.0 Å². The van der Waals surface area contributed by atoms with Crippen LogP contribution in [-0.2, 0) is 4.79 Å². The number of nitrogens with one attached hydrogen (secondary N) is 1. The number of nitrogens with two attached hydrogens (primary N) is 1. The third kappa shape index (κ3) is 4.83. The van der Waals surface area contributed by atoms with Gasteiger partial charge in [0, 0.05) is 16.3 Å². The van der Waals surface area contributed by atoms with E-state index in [1.165, 1.54) is 5.56 Å². The van der Waals surface area contributed by atoms with Crippen LogP contribution in [0.5, 0.6) is 0 Å². The van der Waals surface area contributed by atoms with Crippen molar-refractivity contribution in [2.45, 2.75) is 39.2 Å². The van der Waals surface area contributed by atoms with Crippen LogP contribution in [0.4, 0.5) is 5.69 Å². The molecule has 128 valence electrons. The molecule has 2 aromatic carbocycles. The lowest BCUT2D eigenvalue weighted by Gasteiger charge is -2.16. The molecule has 2 rings (SSSR count). The molecule has 0 aliphatic carbocycles. The highest BCUT2D eigenvalue weighted by Crippen LogP contribution is 2.26. The second-order valence-corrected chi connectivity index (χ2v) is 6.60. The highest BCUT2D eigenvalue weighted by molar-refractivity contribution is 6.31. The van der Waals surface area contributed by atoms with Crippen molar-refractivity contribution in [2.24, 2.45) is 0 Å². The number of carbonyl (C=O) groups excluding carboxylic acids is 1. The van der Waals surface area contributed by atoms with E-state index in [-0.39, 0.29) is 11.9 Å². The minimum atomic E-state index is 0.00431. The lowest BCUT2D eigenvalue weighted by molar-refractivity contribution is -0.682. The zero-order chi connectivity index (χ0) is 17.5. The van der Waals surface area contributed by atoms with Crippen LogP contribution in [0.3, 0.4) is 0 Å². The van der Waals surface area contributed by atoms with Crippen LogP contribution < -0.4 is 10.6 Å². The van der Waals surface area contributed by atoms with Crippen LogP contribution >= 0.6 is 11.6 Å². The van der Waals surface area contributed by atoms with E-state index in [1.54, 1.807) is 0 Å². The van der Waals surface area contributed by atoms with E-state index in [2.05, 4.69) is 32.2 Å². The highest BCUT2D eigenvalue weighted by atomic mass is 35.5. The summed E-state index contributed by atoms with van der Waals surface area (Å²) in [7, 11) is 0. The van der Waals surface area contributed by atoms with E-state index in [9.17, 15) is 4.79 Å². The van der Waals surface area contributed by atoms with Crippen molar-refractivity contribution in [3.8, 4) is 0 Å². The van der Waals surface area contributed by atoms with E-state index in [4.69, 9.17) is 11.6 Å². The summed E-state index contributed by atoms with van der Waals surface area (Å²) in [6.45, 7) is 6.75. The zero-order valence-electron chi connectivity index (χ0n) is 14.6. The predicted octanol–water partition coefficient (Wildman–Crippen LogP) is 4.12. The number of anilines is 1. The molecule has 0 aliphatic rings. The normalized spacial score (nSPS) is 13.3. The maximum atomic E-state index is 12.3. The van der Waals surface area contributed by atoms with Crippen LogP contribution in [0, 0.1) is 0 Å². The van der Waals surface area contributed by atoms with Crippen LogP contribution in [0.25, 0.3) is 0 Å².